The molecule has 2 saturated heterocycles. The molecule has 0 spiro atoms. The minimum Gasteiger partial charge on any atom is -0.381 e. The number of likely N-dealkylation sites (tertiary alicyclic amines) is 1. The lowest BCUT2D eigenvalue weighted by Crippen LogP contribution is -2.64. The highest BCUT2D eigenvalue weighted by atomic mass is 16.5. The van der Waals surface area contributed by atoms with Crippen molar-refractivity contribution in [3.8, 4) is 0 Å². The van der Waals surface area contributed by atoms with E-state index in [2.05, 4.69) is 25.7 Å². The van der Waals surface area contributed by atoms with Crippen LogP contribution in [0.2, 0.25) is 0 Å². The van der Waals surface area contributed by atoms with E-state index >= 15 is 0 Å². The molecule has 0 radical (unpaired) electrons. The van der Waals surface area contributed by atoms with Gasteiger partial charge in [-0.15, -0.1) is 0 Å². The van der Waals surface area contributed by atoms with Crippen molar-refractivity contribution in [2.24, 2.45) is 11.7 Å². The van der Waals surface area contributed by atoms with E-state index in [1.54, 1.807) is 0 Å². The zero-order chi connectivity index (χ0) is 12.5. The molecular weight excluding hydrogens is 212 g/mol. The van der Waals surface area contributed by atoms with Crippen LogP contribution < -0.4 is 5.73 Å². The van der Waals surface area contributed by atoms with E-state index in [-0.39, 0.29) is 5.54 Å². The Morgan fingerprint density at radius 1 is 1.35 bits per heavy atom. The second kappa shape index (κ2) is 5.25. The molecule has 2 aliphatic rings. The molecule has 0 aromatic carbocycles. The standard InChI is InChI=1S/C14H28N2O/c1-4-13-6-5-12(3)16(13)14(10-15)7-8-17-9-11(14)2/h11-13H,4-10,15H2,1-3H3. The van der Waals surface area contributed by atoms with Gasteiger partial charge in [-0.3, -0.25) is 4.90 Å². The fourth-order valence-electron chi connectivity index (χ4n) is 3.98. The van der Waals surface area contributed by atoms with E-state index in [4.69, 9.17) is 10.5 Å². The molecule has 2 rings (SSSR count). The van der Waals surface area contributed by atoms with Gasteiger partial charge in [-0.1, -0.05) is 13.8 Å². The number of ether oxygens (including phenoxy) is 1. The zero-order valence-corrected chi connectivity index (χ0v) is 11.6. The molecule has 2 fully saturated rings. The Labute approximate surface area is 106 Å². The second-order valence-corrected chi connectivity index (χ2v) is 5.93. The molecule has 3 heteroatoms. The number of rotatable bonds is 3. The number of hydrogen-bond donors (Lipinski definition) is 1. The average molecular weight is 240 g/mol. The normalized spacial score (nSPS) is 44.1. The predicted octanol–water partition coefficient (Wildman–Crippen LogP) is 2.00. The molecule has 0 amide bonds. The molecule has 0 aromatic rings. The summed E-state index contributed by atoms with van der Waals surface area (Å²) in [6.07, 6.45) is 5.02. The van der Waals surface area contributed by atoms with Crippen LogP contribution in [-0.4, -0.2) is 42.3 Å². The second-order valence-electron chi connectivity index (χ2n) is 5.93. The first kappa shape index (κ1) is 13.3. The van der Waals surface area contributed by atoms with E-state index < -0.39 is 0 Å². The van der Waals surface area contributed by atoms with Crippen molar-refractivity contribution in [1.29, 1.82) is 0 Å². The summed E-state index contributed by atoms with van der Waals surface area (Å²) in [7, 11) is 0. The third kappa shape index (κ3) is 2.13. The van der Waals surface area contributed by atoms with Gasteiger partial charge in [-0.2, -0.15) is 0 Å². The van der Waals surface area contributed by atoms with Crippen LogP contribution in [0.3, 0.4) is 0 Å². The van der Waals surface area contributed by atoms with Crippen molar-refractivity contribution in [2.45, 2.75) is 64.1 Å². The van der Waals surface area contributed by atoms with E-state index in [9.17, 15) is 0 Å². The smallest absolute Gasteiger partial charge is 0.0509 e. The fourth-order valence-corrected chi connectivity index (χ4v) is 3.98. The first-order valence-electron chi connectivity index (χ1n) is 7.22. The molecule has 17 heavy (non-hydrogen) atoms. The average Bonchev–Trinajstić information content (AvgIpc) is 2.72. The molecule has 4 atom stereocenters. The zero-order valence-electron chi connectivity index (χ0n) is 11.6. The lowest BCUT2D eigenvalue weighted by atomic mass is 9.78. The van der Waals surface area contributed by atoms with Gasteiger partial charge in [0.2, 0.25) is 0 Å². The van der Waals surface area contributed by atoms with Crippen LogP contribution >= 0.6 is 0 Å². The van der Waals surface area contributed by atoms with Gasteiger partial charge in [-0.25, -0.2) is 0 Å². The molecule has 0 saturated carbocycles. The Balaban J connectivity index is 2.25. The summed E-state index contributed by atoms with van der Waals surface area (Å²) in [6, 6.07) is 1.41. The Morgan fingerprint density at radius 3 is 2.71 bits per heavy atom. The van der Waals surface area contributed by atoms with Crippen LogP contribution in [-0.2, 0) is 4.74 Å². The lowest BCUT2D eigenvalue weighted by Gasteiger charge is -2.52. The van der Waals surface area contributed by atoms with Crippen LogP contribution in [0.5, 0.6) is 0 Å². The Bertz CT molecular complexity index is 259. The van der Waals surface area contributed by atoms with Gasteiger partial charge in [0.1, 0.15) is 0 Å². The topological polar surface area (TPSA) is 38.5 Å². The highest BCUT2D eigenvalue weighted by Crippen LogP contribution is 2.40. The summed E-state index contributed by atoms with van der Waals surface area (Å²) in [5, 5.41) is 0. The third-order valence-corrected chi connectivity index (χ3v) is 5.09. The molecule has 100 valence electrons. The van der Waals surface area contributed by atoms with Crippen molar-refractivity contribution in [3.63, 3.8) is 0 Å². The highest BCUT2D eigenvalue weighted by Gasteiger charge is 2.48. The maximum atomic E-state index is 6.19. The molecule has 0 bridgehead atoms. The van der Waals surface area contributed by atoms with Gasteiger partial charge >= 0.3 is 0 Å². The molecule has 0 aliphatic carbocycles. The largest absolute Gasteiger partial charge is 0.381 e. The van der Waals surface area contributed by atoms with Crippen LogP contribution in [0.15, 0.2) is 0 Å². The van der Waals surface area contributed by atoms with Gasteiger partial charge in [0.25, 0.3) is 0 Å². The van der Waals surface area contributed by atoms with Gasteiger partial charge in [0.15, 0.2) is 0 Å². The molecule has 2 aliphatic heterocycles. The number of hydrogen-bond acceptors (Lipinski definition) is 3. The monoisotopic (exact) mass is 240 g/mol. The van der Waals surface area contributed by atoms with Gasteiger partial charge in [-0.05, 0) is 38.5 Å². The Morgan fingerprint density at radius 2 is 2.12 bits per heavy atom. The minimum absolute atomic E-state index is 0.189. The molecule has 2 N–H and O–H groups in total. The molecular formula is C14H28N2O. The summed E-state index contributed by atoms with van der Waals surface area (Å²) < 4.78 is 5.62. The van der Waals surface area contributed by atoms with Crippen LogP contribution in [0.1, 0.15) is 46.5 Å². The number of nitrogens with zero attached hydrogens (tertiary/aromatic N) is 1. The highest BCUT2D eigenvalue weighted by molar-refractivity contribution is 5.04. The molecule has 4 unspecified atom stereocenters. The van der Waals surface area contributed by atoms with Crippen LogP contribution in [0.25, 0.3) is 0 Å². The molecule has 0 aromatic heterocycles. The van der Waals surface area contributed by atoms with Gasteiger partial charge in [0, 0.05) is 30.8 Å². The van der Waals surface area contributed by atoms with E-state index in [1.807, 2.05) is 0 Å². The summed E-state index contributed by atoms with van der Waals surface area (Å²) in [5.41, 5.74) is 6.38. The maximum Gasteiger partial charge on any atom is 0.0509 e. The van der Waals surface area contributed by atoms with E-state index in [0.29, 0.717) is 12.0 Å². The van der Waals surface area contributed by atoms with Crippen LogP contribution in [0.4, 0.5) is 0 Å². The molecule has 2 heterocycles. The first-order valence-corrected chi connectivity index (χ1v) is 7.22. The summed E-state index contributed by atoms with van der Waals surface area (Å²) in [6.45, 7) is 9.51. The third-order valence-electron chi connectivity index (χ3n) is 5.09. The van der Waals surface area contributed by atoms with Crippen molar-refractivity contribution in [3.05, 3.63) is 0 Å². The first-order chi connectivity index (χ1) is 8.15. The van der Waals surface area contributed by atoms with Gasteiger partial charge in [0.05, 0.1) is 6.61 Å². The fraction of sp³-hybridized carbons (Fsp3) is 1.00. The SMILES string of the molecule is CCC1CCC(C)N1C1(CN)CCOCC1C. The lowest BCUT2D eigenvalue weighted by molar-refractivity contribution is -0.0839. The van der Waals surface area contributed by atoms with E-state index in [0.717, 1.165) is 32.2 Å². The number of nitrogens with two attached hydrogens (primary N) is 1. The minimum atomic E-state index is 0.189. The van der Waals surface area contributed by atoms with Crippen molar-refractivity contribution in [2.75, 3.05) is 19.8 Å². The quantitative estimate of drug-likeness (QED) is 0.820. The van der Waals surface area contributed by atoms with Crippen molar-refractivity contribution in [1.82, 2.24) is 4.90 Å². The van der Waals surface area contributed by atoms with Crippen molar-refractivity contribution < 1.29 is 4.74 Å². The summed E-state index contributed by atoms with van der Waals surface area (Å²) in [4.78, 5) is 2.75. The Kier molecular flexibility index (Phi) is 4.11. The summed E-state index contributed by atoms with van der Waals surface area (Å²) >= 11 is 0. The van der Waals surface area contributed by atoms with Gasteiger partial charge < -0.3 is 10.5 Å². The predicted molar refractivity (Wildman–Crippen MR) is 71.0 cm³/mol. The maximum absolute atomic E-state index is 6.19. The van der Waals surface area contributed by atoms with Crippen molar-refractivity contribution >= 4 is 0 Å². The van der Waals surface area contributed by atoms with E-state index in [1.165, 1.54) is 19.3 Å². The Hall–Kier alpha value is -0.120. The summed E-state index contributed by atoms with van der Waals surface area (Å²) in [5.74, 6) is 0.552. The van der Waals surface area contributed by atoms with Crippen LogP contribution in [0, 0.1) is 5.92 Å². The molecule has 3 nitrogen and oxygen atoms in total.